The lowest BCUT2D eigenvalue weighted by molar-refractivity contribution is -0.142. The van der Waals surface area contributed by atoms with Gasteiger partial charge in [-0.2, -0.15) is 5.26 Å². The molecule has 0 fully saturated rings. The quantitative estimate of drug-likeness (QED) is 0.464. The summed E-state index contributed by atoms with van der Waals surface area (Å²) >= 11 is 5.86. The maximum atomic E-state index is 12.0. The molecule has 1 N–H and O–H groups in total. The van der Waals surface area contributed by atoms with Crippen LogP contribution in [0.4, 0.5) is 5.69 Å². The van der Waals surface area contributed by atoms with Crippen LogP contribution in [0.3, 0.4) is 0 Å². The highest BCUT2D eigenvalue weighted by Gasteiger charge is 2.08. The number of hydrogen-bond donors (Lipinski definition) is 1. The van der Waals surface area contributed by atoms with Gasteiger partial charge in [0, 0.05) is 46.0 Å². The smallest absolute Gasteiger partial charge is 0.331 e. The van der Waals surface area contributed by atoms with Crippen molar-refractivity contribution in [2.75, 3.05) is 11.9 Å². The number of nitrogens with one attached hydrogen (secondary N) is 1. The molecule has 0 bridgehead atoms. The Hall–Kier alpha value is -3.56. The van der Waals surface area contributed by atoms with E-state index in [-0.39, 0.29) is 0 Å². The number of amides is 1. The maximum Gasteiger partial charge on any atom is 0.331 e. The van der Waals surface area contributed by atoms with E-state index in [0.717, 1.165) is 16.5 Å². The van der Waals surface area contributed by atoms with E-state index in [4.69, 9.17) is 21.6 Å². The summed E-state index contributed by atoms with van der Waals surface area (Å²) in [7, 11) is 0. The number of fused-ring (bicyclic) bond motifs is 1. The number of para-hydroxylation sites is 1. The van der Waals surface area contributed by atoms with E-state index in [1.807, 2.05) is 35.0 Å². The fourth-order valence-electron chi connectivity index (χ4n) is 2.87. The van der Waals surface area contributed by atoms with Crippen molar-refractivity contribution in [3.8, 4) is 6.07 Å². The molecule has 7 heteroatoms. The minimum Gasteiger partial charge on any atom is -0.452 e. The van der Waals surface area contributed by atoms with Gasteiger partial charge >= 0.3 is 5.97 Å². The van der Waals surface area contributed by atoms with E-state index in [2.05, 4.69) is 11.4 Å². The highest BCUT2D eigenvalue weighted by molar-refractivity contribution is 6.30. The van der Waals surface area contributed by atoms with E-state index in [9.17, 15) is 9.59 Å². The Bertz CT molecular complexity index is 1110. The summed E-state index contributed by atoms with van der Waals surface area (Å²) in [5.74, 6) is -1.08. The van der Waals surface area contributed by atoms with Gasteiger partial charge in [0.15, 0.2) is 6.61 Å². The molecule has 1 heterocycles. The molecule has 0 aliphatic carbocycles. The summed E-state index contributed by atoms with van der Waals surface area (Å²) in [6, 6.07) is 16.6. The summed E-state index contributed by atoms with van der Waals surface area (Å²) in [4.78, 5) is 23.9. The Labute approximate surface area is 173 Å². The zero-order chi connectivity index (χ0) is 20.6. The molecule has 6 nitrogen and oxygen atoms in total. The van der Waals surface area contributed by atoms with Gasteiger partial charge in [0.05, 0.1) is 12.5 Å². The Morgan fingerprint density at radius 3 is 2.83 bits per heavy atom. The van der Waals surface area contributed by atoms with Crippen LogP contribution < -0.4 is 5.32 Å². The minimum absolute atomic E-state index is 0.394. The average Bonchev–Trinajstić information content (AvgIpc) is 3.07. The molecule has 0 atom stereocenters. The lowest BCUT2D eigenvalue weighted by Crippen LogP contribution is -2.20. The lowest BCUT2D eigenvalue weighted by Gasteiger charge is -2.05. The van der Waals surface area contributed by atoms with Gasteiger partial charge in [-0.25, -0.2) is 4.79 Å². The minimum atomic E-state index is -0.625. The monoisotopic (exact) mass is 407 g/mol. The number of hydrogen-bond acceptors (Lipinski definition) is 4. The Morgan fingerprint density at radius 2 is 2.03 bits per heavy atom. The predicted molar refractivity (Wildman–Crippen MR) is 112 cm³/mol. The summed E-state index contributed by atoms with van der Waals surface area (Å²) < 4.78 is 6.97. The van der Waals surface area contributed by atoms with Gasteiger partial charge in [0.1, 0.15) is 0 Å². The van der Waals surface area contributed by atoms with Crippen LogP contribution in [0.5, 0.6) is 0 Å². The third kappa shape index (κ3) is 5.47. The number of carbonyl (C=O) groups excluding carboxylic acids is 2. The van der Waals surface area contributed by atoms with Crippen molar-refractivity contribution in [3.63, 3.8) is 0 Å². The Balaban J connectivity index is 1.60. The fourth-order valence-corrected chi connectivity index (χ4v) is 3.06. The molecular weight excluding hydrogens is 390 g/mol. The average molecular weight is 408 g/mol. The zero-order valence-corrected chi connectivity index (χ0v) is 16.2. The first kappa shape index (κ1) is 20.2. The van der Waals surface area contributed by atoms with Gasteiger partial charge in [-0.05, 0) is 30.3 Å². The van der Waals surface area contributed by atoms with Gasteiger partial charge < -0.3 is 14.6 Å². The van der Waals surface area contributed by atoms with Crippen molar-refractivity contribution in [1.29, 1.82) is 5.26 Å². The van der Waals surface area contributed by atoms with Crippen molar-refractivity contribution in [2.45, 2.75) is 13.0 Å². The number of halogens is 1. The second-order valence-electron chi connectivity index (χ2n) is 6.20. The summed E-state index contributed by atoms with van der Waals surface area (Å²) in [5, 5.41) is 12.9. The van der Waals surface area contributed by atoms with Crippen LogP contribution in [-0.2, 0) is 20.9 Å². The number of ether oxygens (including phenoxy) is 1. The number of benzene rings is 2. The van der Waals surface area contributed by atoms with E-state index >= 15 is 0 Å². The number of rotatable bonds is 7. The SMILES string of the molecule is N#CCCn1cc(/C=C/C(=O)OCC(=O)Nc2cccc(Cl)c2)c2ccccc21. The number of aromatic nitrogens is 1. The van der Waals surface area contributed by atoms with Crippen molar-refractivity contribution >= 4 is 46.1 Å². The van der Waals surface area contributed by atoms with Crippen molar-refractivity contribution in [1.82, 2.24) is 4.57 Å². The van der Waals surface area contributed by atoms with Crippen LogP contribution >= 0.6 is 11.6 Å². The molecule has 0 radical (unpaired) electrons. The molecule has 2 aromatic carbocycles. The standard InChI is InChI=1S/C22H18ClN3O3/c23-17-5-3-6-18(13-17)25-21(27)15-29-22(28)10-9-16-14-26(12-4-11-24)20-8-2-1-7-19(16)20/h1-3,5-10,13-14H,4,12,15H2,(H,25,27)/b10-9+. The summed E-state index contributed by atoms with van der Waals surface area (Å²) in [6.07, 6.45) is 5.20. The normalized spacial score (nSPS) is 10.8. The van der Waals surface area contributed by atoms with Crippen molar-refractivity contribution in [2.24, 2.45) is 0 Å². The third-order valence-corrected chi connectivity index (χ3v) is 4.37. The van der Waals surface area contributed by atoms with E-state index in [1.165, 1.54) is 6.08 Å². The molecule has 1 aromatic heterocycles. The second-order valence-corrected chi connectivity index (χ2v) is 6.64. The molecule has 146 valence electrons. The molecule has 3 aromatic rings. The predicted octanol–water partition coefficient (Wildman–Crippen LogP) is 4.40. The van der Waals surface area contributed by atoms with E-state index < -0.39 is 18.5 Å². The second kappa shape index (κ2) is 9.58. The van der Waals surface area contributed by atoms with Crippen LogP contribution in [0.1, 0.15) is 12.0 Å². The van der Waals surface area contributed by atoms with Crippen molar-refractivity contribution in [3.05, 3.63) is 71.4 Å². The fraction of sp³-hybridized carbons (Fsp3) is 0.136. The Kier molecular flexibility index (Phi) is 6.67. The zero-order valence-electron chi connectivity index (χ0n) is 15.5. The van der Waals surface area contributed by atoms with Gasteiger partial charge in [0.2, 0.25) is 0 Å². The summed E-state index contributed by atoms with van der Waals surface area (Å²) in [5.41, 5.74) is 2.34. The molecule has 0 aliphatic heterocycles. The first-order valence-corrected chi connectivity index (χ1v) is 9.29. The van der Waals surface area contributed by atoms with Crippen LogP contribution in [0, 0.1) is 11.3 Å². The molecule has 0 saturated carbocycles. The molecule has 29 heavy (non-hydrogen) atoms. The van der Waals surface area contributed by atoms with Crippen molar-refractivity contribution < 1.29 is 14.3 Å². The molecule has 0 unspecified atom stereocenters. The third-order valence-electron chi connectivity index (χ3n) is 4.14. The maximum absolute atomic E-state index is 12.0. The van der Waals surface area contributed by atoms with Gasteiger partial charge in [0.25, 0.3) is 5.91 Å². The summed E-state index contributed by atoms with van der Waals surface area (Å²) in [6.45, 7) is 0.165. The van der Waals surface area contributed by atoms with Crippen LogP contribution in [0.25, 0.3) is 17.0 Å². The van der Waals surface area contributed by atoms with Gasteiger partial charge in [-0.3, -0.25) is 4.79 Å². The molecule has 0 saturated heterocycles. The van der Waals surface area contributed by atoms with Gasteiger partial charge in [-0.1, -0.05) is 35.9 Å². The number of aryl methyl sites for hydroxylation is 1. The molecule has 3 rings (SSSR count). The van der Waals surface area contributed by atoms with Crippen LogP contribution in [0.15, 0.2) is 60.8 Å². The highest BCUT2D eigenvalue weighted by atomic mass is 35.5. The molecule has 0 aliphatic rings. The Morgan fingerprint density at radius 1 is 1.21 bits per heavy atom. The molecular formula is C22H18ClN3O3. The van der Waals surface area contributed by atoms with Crippen LogP contribution in [-0.4, -0.2) is 23.1 Å². The molecule has 0 spiro atoms. The number of anilines is 1. The van der Waals surface area contributed by atoms with Crippen LogP contribution in [0.2, 0.25) is 5.02 Å². The molecule has 1 amide bonds. The number of esters is 1. The lowest BCUT2D eigenvalue weighted by atomic mass is 10.1. The van der Waals surface area contributed by atoms with E-state index in [0.29, 0.717) is 23.7 Å². The topological polar surface area (TPSA) is 84.1 Å². The first-order valence-electron chi connectivity index (χ1n) is 8.92. The van der Waals surface area contributed by atoms with Gasteiger partial charge in [-0.15, -0.1) is 0 Å². The number of carbonyl (C=O) groups is 2. The first-order chi connectivity index (χ1) is 14.1. The largest absolute Gasteiger partial charge is 0.452 e. The number of nitriles is 1. The highest BCUT2D eigenvalue weighted by Crippen LogP contribution is 2.23. The number of nitrogens with zero attached hydrogens (tertiary/aromatic N) is 2. The van der Waals surface area contributed by atoms with E-state index in [1.54, 1.807) is 30.3 Å².